The van der Waals surface area contributed by atoms with Crippen LogP contribution in [0.15, 0.2) is 0 Å². The van der Waals surface area contributed by atoms with E-state index in [9.17, 15) is 0 Å². The molecule has 2 atom stereocenters. The van der Waals surface area contributed by atoms with Gasteiger partial charge in [-0.3, -0.25) is 0 Å². The highest BCUT2D eigenvalue weighted by Gasteiger charge is 2.80. The molecule has 0 bridgehead atoms. The summed E-state index contributed by atoms with van der Waals surface area (Å²) >= 11 is 0. The molecule has 2 aliphatic rings. The third-order valence-corrected chi connectivity index (χ3v) is 2.00. The van der Waals surface area contributed by atoms with Gasteiger partial charge < -0.3 is 9.47 Å². The smallest absolute Gasteiger partial charge is 0.416 e. The maximum Gasteiger partial charge on any atom is 0.416 e. The Morgan fingerprint density at radius 2 is 2.30 bits per heavy atom. The van der Waals surface area contributed by atoms with E-state index in [2.05, 4.69) is 4.58 Å². The van der Waals surface area contributed by atoms with Crippen LogP contribution in [0.5, 0.6) is 0 Å². The largest absolute Gasteiger partial charge is 0.443 e. The van der Waals surface area contributed by atoms with Crippen LogP contribution in [0.25, 0.3) is 0 Å². The number of methoxy groups -OCH3 is 1. The summed E-state index contributed by atoms with van der Waals surface area (Å²) in [4.78, 5) is 0. The van der Waals surface area contributed by atoms with Gasteiger partial charge in [0.25, 0.3) is 6.04 Å². The third-order valence-electron chi connectivity index (χ3n) is 2.00. The first-order chi connectivity index (χ1) is 4.90. The molecule has 1 saturated heterocycles. The minimum atomic E-state index is 0.625. The fourth-order valence-corrected chi connectivity index (χ4v) is 1.38. The summed E-state index contributed by atoms with van der Waals surface area (Å²) in [5.41, 5.74) is 0. The Morgan fingerprint density at radius 3 is 2.80 bits per heavy atom. The summed E-state index contributed by atoms with van der Waals surface area (Å²) in [7, 11) is 1.74. The maximum atomic E-state index is 5.28. The lowest BCUT2D eigenvalue weighted by Crippen LogP contribution is -2.17. The van der Waals surface area contributed by atoms with Crippen molar-refractivity contribution in [3.8, 4) is 0 Å². The minimum absolute atomic E-state index is 0.625. The first kappa shape index (κ1) is 6.16. The molecule has 0 radical (unpaired) electrons. The van der Waals surface area contributed by atoms with E-state index < -0.39 is 0 Å². The highest BCUT2D eigenvalue weighted by Crippen LogP contribution is 2.37. The Balaban J connectivity index is 1.76. The lowest BCUT2D eigenvalue weighted by atomic mass is 10.3. The van der Waals surface area contributed by atoms with Gasteiger partial charge in [-0.15, -0.1) is 0 Å². The SMILES string of the molecule is CCOC1=[N+]2C(COC)C12. The van der Waals surface area contributed by atoms with E-state index in [-0.39, 0.29) is 0 Å². The van der Waals surface area contributed by atoms with E-state index in [1.807, 2.05) is 6.92 Å². The van der Waals surface area contributed by atoms with Crippen molar-refractivity contribution < 1.29 is 14.0 Å². The van der Waals surface area contributed by atoms with Crippen LogP contribution in [-0.2, 0) is 9.47 Å². The molecule has 0 spiro atoms. The van der Waals surface area contributed by atoms with Gasteiger partial charge in [0, 0.05) is 7.11 Å². The standard InChI is InChI=1S/C7H12NO2/c1-3-10-7-6-5(4-9-2)8(6)7/h5-6H,3-4H2,1-2H3/q+1. The molecule has 2 rings (SSSR count). The fraction of sp³-hybridized carbons (Fsp3) is 0.857. The summed E-state index contributed by atoms with van der Waals surface area (Å²) in [5, 5.41) is 0. The fourth-order valence-electron chi connectivity index (χ4n) is 1.38. The molecule has 56 valence electrons. The second-order valence-electron chi connectivity index (χ2n) is 2.65. The number of rotatable bonds is 3. The second-order valence-corrected chi connectivity index (χ2v) is 2.65. The number of nitrogens with zero attached hydrogens (tertiary/aromatic N) is 1. The van der Waals surface area contributed by atoms with E-state index in [1.165, 1.54) is 5.90 Å². The number of hydrogen-bond acceptors (Lipinski definition) is 2. The lowest BCUT2D eigenvalue weighted by molar-refractivity contribution is -0.324. The molecule has 2 aliphatic heterocycles. The molecule has 10 heavy (non-hydrogen) atoms. The first-order valence-corrected chi connectivity index (χ1v) is 3.67. The molecule has 0 aromatic carbocycles. The van der Waals surface area contributed by atoms with E-state index in [4.69, 9.17) is 9.47 Å². The zero-order valence-electron chi connectivity index (χ0n) is 6.33. The Hall–Kier alpha value is -0.570. The van der Waals surface area contributed by atoms with Gasteiger partial charge in [0.15, 0.2) is 0 Å². The van der Waals surface area contributed by atoms with Crippen LogP contribution in [0.4, 0.5) is 0 Å². The van der Waals surface area contributed by atoms with Crippen molar-refractivity contribution in [2.24, 2.45) is 0 Å². The van der Waals surface area contributed by atoms with Gasteiger partial charge in [-0.2, -0.15) is 4.58 Å². The van der Waals surface area contributed by atoms with Gasteiger partial charge in [-0.05, 0) is 6.92 Å². The first-order valence-electron chi connectivity index (χ1n) is 3.67. The van der Waals surface area contributed by atoms with Crippen LogP contribution in [0.2, 0.25) is 0 Å². The zero-order valence-corrected chi connectivity index (χ0v) is 6.33. The number of hydrogen-bond donors (Lipinski definition) is 0. The van der Waals surface area contributed by atoms with Gasteiger partial charge in [0.1, 0.15) is 6.61 Å². The van der Waals surface area contributed by atoms with Crippen molar-refractivity contribution in [2.75, 3.05) is 20.3 Å². The average Bonchev–Trinajstić information content (AvgIpc) is 2.76. The quantitative estimate of drug-likeness (QED) is 0.403. The van der Waals surface area contributed by atoms with Crippen molar-refractivity contribution in [3.05, 3.63) is 0 Å². The molecule has 0 aromatic heterocycles. The van der Waals surface area contributed by atoms with Gasteiger partial charge in [0.2, 0.25) is 0 Å². The lowest BCUT2D eigenvalue weighted by Gasteiger charge is -1.91. The third kappa shape index (κ3) is 0.669. The topological polar surface area (TPSA) is 21.5 Å². The summed E-state index contributed by atoms with van der Waals surface area (Å²) in [6, 6.07) is 1.27. The molecule has 2 heterocycles. The van der Waals surface area contributed by atoms with E-state index in [0.29, 0.717) is 12.1 Å². The van der Waals surface area contributed by atoms with Gasteiger partial charge in [-0.25, -0.2) is 0 Å². The molecular weight excluding hydrogens is 130 g/mol. The van der Waals surface area contributed by atoms with Gasteiger partial charge in [0.05, 0.1) is 6.61 Å². The van der Waals surface area contributed by atoms with Crippen LogP contribution in [0.1, 0.15) is 6.92 Å². The zero-order chi connectivity index (χ0) is 7.14. The molecular formula is C7H12NO2+. The Bertz CT molecular complexity index is 188. The van der Waals surface area contributed by atoms with E-state index in [0.717, 1.165) is 13.2 Å². The summed E-state index contributed by atoms with van der Waals surface area (Å²) < 4.78 is 12.5. The Labute approximate surface area is 60.2 Å². The van der Waals surface area contributed by atoms with E-state index >= 15 is 0 Å². The van der Waals surface area contributed by atoms with E-state index in [1.54, 1.807) is 7.11 Å². The molecule has 3 nitrogen and oxygen atoms in total. The molecule has 1 fully saturated rings. The predicted molar refractivity (Wildman–Crippen MR) is 36.3 cm³/mol. The average molecular weight is 142 g/mol. The molecule has 0 N–H and O–H groups in total. The second kappa shape index (κ2) is 1.95. The van der Waals surface area contributed by atoms with Crippen molar-refractivity contribution in [2.45, 2.75) is 19.0 Å². The molecule has 3 heteroatoms. The molecule has 0 saturated carbocycles. The highest BCUT2D eigenvalue weighted by molar-refractivity contribution is 5.89. The predicted octanol–water partition coefficient (Wildman–Crippen LogP) is -0.155. The van der Waals surface area contributed by atoms with Crippen molar-refractivity contribution in [3.63, 3.8) is 0 Å². The van der Waals surface area contributed by atoms with Crippen molar-refractivity contribution in [1.29, 1.82) is 0 Å². The van der Waals surface area contributed by atoms with Crippen LogP contribution >= 0.6 is 0 Å². The molecule has 0 aromatic rings. The van der Waals surface area contributed by atoms with Gasteiger partial charge >= 0.3 is 11.9 Å². The normalized spacial score (nSPS) is 33.8. The molecule has 0 aliphatic carbocycles. The Morgan fingerprint density at radius 1 is 1.60 bits per heavy atom. The number of fused-ring (bicyclic) bond motifs is 1. The summed E-state index contributed by atoms with van der Waals surface area (Å²) in [5.74, 6) is 1.17. The maximum absolute atomic E-state index is 5.28. The number of ether oxygens (including phenoxy) is 2. The van der Waals surface area contributed by atoms with Crippen molar-refractivity contribution >= 4 is 5.90 Å². The molecule has 0 amide bonds. The summed E-state index contributed by atoms with van der Waals surface area (Å²) in [6.07, 6.45) is 0. The summed E-state index contributed by atoms with van der Waals surface area (Å²) in [6.45, 7) is 3.65. The van der Waals surface area contributed by atoms with Crippen LogP contribution in [0.3, 0.4) is 0 Å². The van der Waals surface area contributed by atoms with Crippen molar-refractivity contribution in [1.82, 2.24) is 0 Å². The van der Waals surface area contributed by atoms with Crippen LogP contribution in [-0.4, -0.2) is 42.9 Å². The Kier molecular flexibility index (Phi) is 1.20. The minimum Gasteiger partial charge on any atom is -0.443 e. The van der Waals surface area contributed by atoms with Crippen LogP contribution < -0.4 is 0 Å². The highest BCUT2D eigenvalue weighted by atomic mass is 16.5. The monoisotopic (exact) mass is 142 g/mol. The molecule has 2 unspecified atom stereocenters. The van der Waals surface area contributed by atoms with Gasteiger partial charge in [-0.1, -0.05) is 0 Å². The van der Waals surface area contributed by atoms with Crippen LogP contribution in [0, 0.1) is 0 Å².